The van der Waals surface area contributed by atoms with E-state index in [2.05, 4.69) is 16.2 Å². The summed E-state index contributed by atoms with van der Waals surface area (Å²) in [5.41, 5.74) is 7.02. The predicted molar refractivity (Wildman–Crippen MR) is 93.6 cm³/mol. The SMILES string of the molecule is Cc1ccc(-c2ncsc2Cc2cc(C#N)nn2C)c([C@@H](C)O)c1. The summed E-state index contributed by atoms with van der Waals surface area (Å²) in [6.07, 6.45) is 0.0922. The molecule has 0 spiro atoms. The van der Waals surface area contributed by atoms with Crippen LogP contribution in [0.15, 0.2) is 29.8 Å². The van der Waals surface area contributed by atoms with Gasteiger partial charge in [-0.15, -0.1) is 11.3 Å². The molecule has 0 saturated carbocycles. The number of thiazole rings is 1. The molecule has 3 aromatic rings. The minimum Gasteiger partial charge on any atom is -0.389 e. The molecule has 2 aromatic heterocycles. The van der Waals surface area contributed by atoms with Crippen molar-refractivity contribution in [2.24, 2.45) is 7.05 Å². The van der Waals surface area contributed by atoms with Gasteiger partial charge in [0.05, 0.1) is 17.3 Å². The average Bonchev–Trinajstić information content (AvgIpc) is 3.14. The third-order valence-corrected chi connectivity index (χ3v) is 4.82. The van der Waals surface area contributed by atoms with Crippen molar-refractivity contribution in [3.8, 4) is 17.3 Å². The fraction of sp³-hybridized carbons (Fsp3) is 0.278. The van der Waals surface area contributed by atoms with Crippen LogP contribution < -0.4 is 0 Å². The lowest BCUT2D eigenvalue weighted by molar-refractivity contribution is 0.200. The Balaban J connectivity index is 2.03. The maximum Gasteiger partial charge on any atom is 0.162 e. The zero-order valence-electron chi connectivity index (χ0n) is 13.8. The first-order valence-corrected chi connectivity index (χ1v) is 8.52. The molecule has 0 aliphatic rings. The highest BCUT2D eigenvalue weighted by atomic mass is 32.1. The van der Waals surface area contributed by atoms with Crippen LogP contribution in [0.1, 0.15) is 40.4 Å². The quantitative estimate of drug-likeness (QED) is 0.791. The van der Waals surface area contributed by atoms with E-state index in [1.54, 1.807) is 29.0 Å². The second-order valence-electron chi connectivity index (χ2n) is 5.82. The number of rotatable bonds is 4. The van der Waals surface area contributed by atoms with Crippen molar-refractivity contribution in [2.75, 3.05) is 0 Å². The van der Waals surface area contributed by atoms with Gasteiger partial charge in [-0.25, -0.2) is 4.98 Å². The van der Waals surface area contributed by atoms with Crippen LogP contribution >= 0.6 is 11.3 Å². The summed E-state index contributed by atoms with van der Waals surface area (Å²) in [7, 11) is 1.84. The molecule has 2 heterocycles. The lowest BCUT2D eigenvalue weighted by Gasteiger charge is -2.13. The molecule has 0 radical (unpaired) electrons. The second-order valence-corrected chi connectivity index (χ2v) is 6.76. The number of aryl methyl sites for hydroxylation is 2. The molecule has 6 heteroatoms. The summed E-state index contributed by atoms with van der Waals surface area (Å²) in [5.74, 6) is 0. The van der Waals surface area contributed by atoms with Crippen molar-refractivity contribution in [1.82, 2.24) is 14.8 Å². The molecular weight excluding hydrogens is 320 g/mol. The smallest absolute Gasteiger partial charge is 0.162 e. The topological polar surface area (TPSA) is 74.7 Å². The Labute approximate surface area is 144 Å². The van der Waals surface area contributed by atoms with E-state index >= 15 is 0 Å². The largest absolute Gasteiger partial charge is 0.389 e. The zero-order chi connectivity index (χ0) is 17.3. The van der Waals surface area contributed by atoms with E-state index in [-0.39, 0.29) is 0 Å². The van der Waals surface area contributed by atoms with Crippen LogP contribution in [0.2, 0.25) is 0 Å². The molecule has 0 bridgehead atoms. The third kappa shape index (κ3) is 3.09. The maximum atomic E-state index is 10.1. The van der Waals surface area contributed by atoms with Gasteiger partial charge >= 0.3 is 0 Å². The number of benzene rings is 1. The van der Waals surface area contributed by atoms with E-state index in [0.717, 1.165) is 33.0 Å². The van der Waals surface area contributed by atoms with Gasteiger partial charge < -0.3 is 5.11 Å². The molecule has 24 heavy (non-hydrogen) atoms. The van der Waals surface area contributed by atoms with Crippen LogP contribution in [0.5, 0.6) is 0 Å². The van der Waals surface area contributed by atoms with Gasteiger partial charge in [-0.1, -0.05) is 23.8 Å². The van der Waals surface area contributed by atoms with E-state index in [9.17, 15) is 5.11 Å². The van der Waals surface area contributed by atoms with Gasteiger partial charge in [0.2, 0.25) is 0 Å². The molecule has 0 fully saturated rings. The number of hydrogen-bond acceptors (Lipinski definition) is 5. The molecular formula is C18H18N4OS. The van der Waals surface area contributed by atoms with Crippen LogP contribution in [0, 0.1) is 18.3 Å². The molecule has 0 aliphatic heterocycles. The van der Waals surface area contributed by atoms with Crippen LogP contribution in [-0.4, -0.2) is 19.9 Å². The average molecular weight is 338 g/mol. The molecule has 122 valence electrons. The van der Waals surface area contributed by atoms with Crippen molar-refractivity contribution >= 4 is 11.3 Å². The fourth-order valence-electron chi connectivity index (χ4n) is 2.75. The van der Waals surface area contributed by atoms with E-state index in [0.29, 0.717) is 12.1 Å². The number of nitriles is 1. The summed E-state index contributed by atoms with van der Waals surface area (Å²) in [6, 6.07) is 9.91. The van der Waals surface area contributed by atoms with Crippen LogP contribution in [0.3, 0.4) is 0 Å². The van der Waals surface area contributed by atoms with E-state index in [1.807, 2.05) is 37.7 Å². The van der Waals surface area contributed by atoms with Crippen LogP contribution in [-0.2, 0) is 13.5 Å². The minimum absolute atomic E-state index is 0.415. The van der Waals surface area contributed by atoms with Gasteiger partial charge in [0.15, 0.2) is 5.69 Å². The number of aromatic nitrogens is 3. The van der Waals surface area contributed by atoms with Gasteiger partial charge in [-0.05, 0) is 25.5 Å². The Hall–Kier alpha value is -2.49. The number of hydrogen-bond donors (Lipinski definition) is 1. The molecule has 1 atom stereocenters. The highest BCUT2D eigenvalue weighted by Gasteiger charge is 2.17. The lowest BCUT2D eigenvalue weighted by atomic mass is 9.97. The predicted octanol–water partition coefficient (Wildman–Crippen LogP) is 3.37. The van der Waals surface area contributed by atoms with E-state index in [4.69, 9.17) is 5.26 Å². The molecule has 1 N–H and O–H groups in total. The summed E-state index contributed by atoms with van der Waals surface area (Å²) in [6.45, 7) is 3.78. The molecule has 5 nitrogen and oxygen atoms in total. The minimum atomic E-state index is -0.559. The number of nitrogens with zero attached hydrogens (tertiary/aromatic N) is 4. The number of aliphatic hydroxyl groups excluding tert-OH is 1. The molecule has 0 amide bonds. The van der Waals surface area contributed by atoms with Crippen molar-refractivity contribution < 1.29 is 5.11 Å². The van der Waals surface area contributed by atoms with Gasteiger partial charge in [0.25, 0.3) is 0 Å². The molecule has 0 saturated heterocycles. The zero-order valence-corrected chi connectivity index (χ0v) is 14.6. The standard InChI is InChI=1S/C18H18N4OS/c1-11-4-5-15(16(6-11)12(2)23)18-17(24-10-20-18)8-14-7-13(9-19)21-22(14)3/h4-7,10,12,23H,8H2,1-3H3/t12-/m1/s1. The monoisotopic (exact) mass is 338 g/mol. The highest BCUT2D eigenvalue weighted by molar-refractivity contribution is 7.10. The van der Waals surface area contributed by atoms with E-state index in [1.165, 1.54) is 0 Å². The first-order chi connectivity index (χ1) is 11.5. The van der Waals surface area contributed by atoms with Gasteiger partial charge in [-0.2, -0.15) is 10.4 Å². The van der Waals surface area contributed by atoms with Gasteiger partial charge in [0.1, 0.15) is 6.07 Å². The molecule has 0 unspecified atom stereocenters. The highest BCUT2D eigenvalue weighted by Crippen LogP contribution is 2.33. The van der Waals surface area contributed by atoms with E-state index < -0.39 is 6.10 Å². The molecule has 0 aliphatic carbocycles. The molecule has 1 aromatic carbocycles. The Morgan fingerprint density at radius 2 is 2.17 bits per heavy atom. The number of aliphatic hydroxyl groups is 1. The molecule has 3 rings (SSSR count). The maximum absolute atomic E-state index is 10.1. The van der Waals surface area contributed by atoms with Gasteiger partial charge in [0, 0.05) is 29.6 Å². The van der Waals surface area contributed by atoms with Crippen LogP contribution in [0.25, 0.3) is 11.3 Å². The Bertz CT molecular complexity index is 917. The fourth-order valence-corrected chi connectivity index (χ4v) is 3.54. The first-order valence-electron chi connectivity index (χ1n) is 7.64. The summed E-state index contributed by atoms with van der Waals surface area (Å²) in [4.78, 5) is 5.62. The second kappa shape index (κ2) is 6.56. The Morgan fingerprint density at radius 1 is 1.38 bits per heavy atom. The van der Waals surface area contributed by atoms with Gasteiger partial charge in [-0.3, -0.25) is 4.68 Å². The Kier molecular flexibility index (Phi) is 4.47. The van der Waals surface area contributed by atoms with Crippen molar-refractivity contribution in [1.29, 1.82) is 5.26 Å². The summed E-state index contributed by atoms with van der Waals surface area (Å²) >= 11 is 1.57. The van der Waals surface area contributed by atoms with Crippen LogP contribution in [0.4, 0.5) is 0 Å². The lowest BCUT2D eigenvalue weighted by Crippen LogP contribution is -2.01. The first kappa shape index (κ1) is 16.4. The summed E-state index contributed by atoms with van der Waals surface area (Å²) < 4.78 is 1.73. The van der Waals surface area contributed by atoms with Crippen molar-refractivity contribution in [3.63, 3.8) is 0 Å². The normalized spacial score (nSPS) is 12.1. The Morgan fingerprint density at radius 3 is 2.83 bits per heavy atom. The van der Waals surface area contributed by atoms with Crippen molar-refractivity contribution in [2.45, 2.75) is 26.4 Å². The summed E-state index contributed by atoms with van der Waals surface area (Å²) in [5, 5.41) is 23.3. The van der Waals surface area contributed by atoms with Crippen molar-refractivity contribution in [3.05, 3.63) is 57.2 Å². The third-order valence-electron chi connectivity index (χ3n) is 3.99.